The fourth-order valence-corrected chi connectivity index (χ4v) is 3.67. The molecular formula is C22H19N3O3. The average molecular weight is 373 g/mol. The molecule has 1 aliphatic rings. The van der Waals surface area contributed by atoms with Crippen LogP contribution in [0.5, 0.6) is 0 Å². The van der Waals surface area contributed by atoms with Gasteiger partial charge in [-0.25, -0.2) is 0 Å². The number of hydrogen-bond acceptors (Lipinski definition) is 3. The summed E-state index contributed by atoms with van der Waals surface area (Å²) in [5.41, 5.74) is 8.04. The first kappa shape index (κ1) is 17.7. The van der Waals surface area contributed by atoms with Crippen LogP contribution in [0, 0.1) is 0 Å². The highest BCUT2D eigenvalue weighted by atomic mass is 16.2. The van der Waals surface area contributed by atoms with Crippen molar-refractivity contribution in [3.63, 3.8) is 0 Å². The lowest BCUT2D eigenvalue weighted by molar-refractivity contribution is -0.117. The second-order valence-corrected chi connectivity index (χ2v) is 6.73. The lowest BCUT2D eigenvalue weighted by Crippen LogP contribution is -2.22. The van der Waals surface area contributed by atoms with Crippen molar-refractivity contribution < 1.29 is 14.4 Å². The summed E-state index contributed by atoms with van der Waals surface area (Å²) in [5, 5.41) is 2.81. The molecule has 3 aromatic rings. The van der Waals surface area contributed by atoms with Gasteiger partial charge in [0.25, 0.3) is 5.91 Å². The molecule has 0 saturated carbocycles. The molecule has 2 heterocycles. The highest BCUT2D eigenvalue weighted by molar-refractivity contribution is 6.08. The zero-order valence-electron chi connectivity index (χ0n) is 15.1. The van der Waals surface area contributed by atoms with Crippen LogP contribution in [0.2, 0.25) is 0 Å². The maximum Gasteiger partial charge on any atom is 0.250 e. The van der Waals surface area contributed by atoms with Crippen LogP contribution in [-0.4, -0.2) is 22.2 Å². The fraction of sp³-hybridized carbons (Fsp3) is 0.136. The summed E-state index contributed by atoms with van der Waals surface area (Å²) in [6, 6.07) is 19.3. The Labute approximate surface area is 162 Å². The first-order valence-electron chi connectivity index (χ1n) is 9.05. The van der Waals surface area contributed by atoms with E-state index in [1.807, 2.05) is 28.8 Å². The predicted molar refractivity (Wildman–Crippen MR) is 105 cm³/mol. The first-order valence-corrected chi connectivity index (χ1v) is 9.05. The van der Waals surface area contributed by atoms with Crippen molar-refractivity contribution in [3.8, 4) is 0 Å². The zero-order valence-corrected chi connectivity index (χ0v) is 15.1. The molecule has 0 radical (unpaired) electrons. The van der Waals surface area contributed by atoms with Crippen LogP contribution in [0.1, 0.15) is 44.4 Å². The number of hydrogen-bond donors (Lipinski definition) is 2. The number of aromatic nitrogens is 1. The summed E-state index contributed by atoms with van der Waals surface area (Å²) in [6.45, 7) is 0.589. The number of nitrogens with zero attached hydrogens (tertiary/aromatic N) is 1. The van der Waals surface area contributed by atoms with Gasteiger partial charge in [-0.2, -0.15) is 0 Å². The summed E-state index contributed by atoms with van der Waals surface area (Å²) in [6.07, 6.45) is 0.593. The molecule has 28 heavy (non-hydrogen) atoms. The second-order valence-electron chi connectivity index (χ2n) is 6.73. The highest BCUT2D eigenvalue weighted by Gasteiger charge is 2.32. The van der Waals surface area contributed by atoms with Gasteiger partial charge >= 0.3 is 0 Å². The van der Waals surface area contributed by atoms with E-state index in [0.29, 0.717) is 29.9 Å². The molecule has 0 fully saturated rings. The highest BCUT2D eigenvalue weighted by Crippen LogP contribution is 2.32. The van der Waals surface area contributed by atoms with Crippen molar-refractivity contribution in [3.05, 3.63) is 89.2 Å². The van der Waals surface area contributed by atoms with E-state index in [9.17, 15) is 14.4 Å². The molecule has 0 unspecified atom stereocenters. The van der Waals surface area contributed by atoms with Gasteiger partial charge in [-0.1, -0.05) is 42.5 Å². The summed E-state index contributed by atoms with van der Waals surface area (Å²) < 4.78 is 1.90. The first-order chi connectivity index (χ1) is 13.6. The number of para-hydroxylation sites is 1. The predicted octanol–water partition coefficient (Wildman–Crippen LogP) is 2.94. The number of primary amides is 1. The van der Waals surface area contributed by atoms with Gasteiger partial charge < -0.3 is 15.6 Å². The molecule has 2 aromatic carbocycles. The van der Waals surface area contributed by atoms with Crippen LogP contribution in [0.15, 0.2) is 66.7 Å². The molecule has 0 bridgehead atoms. The van der Waals surface area contributed by atoms with Crippen LogP contribution in [0.4, 0.5) is 5.69 Å². The minimum Gasteiger partial charge on any atom is -0.366 e. The largest absolute Gasteiger partial charge is 0.366 e. The number of nitrogens with two attached hydrogens (primary N) is 1. The van der Waals surface area contributed by atoms with Crippen molar-refractivity contribution in [2.75, 3.05) is 5.32 Å². The topological polar surface area (TPSA) is 94.2 Å². The number of anilines is 1. The number of benzene rings is 2. The molecule has 0 spiro atoms. The molecule has 140 valence electrons. The Bertz CT molecular complexity index is 1070. The molecule has 6 nitrogen and oxygen atoms in total. The molecule has 6 heteroatoms. The average Bonchev–Trinajstić information content (AvgIpc) is 3.30. The van der Waals surface area contributed by atoms with Gasteiger partial charge in [-0.3, -0.25) is 14.4 Å². The molecule has 1 aromatic heterocycles. The van der Waals surface area contributed by atoms with E-state index in [1.165, 1.54) is 0 Å². The van der Waals surface area contributed by atoms with E-state index in [2.05, 4.69) is 5.32 Å². The van der Waals surface area contributed by atoms with Crippen LogP contribution in [0.3, 0.4) is 0 Å². The monoisotopic (exact) mass is 373 g/mol. The number of fused-ring (bicyclic) bond motifs is 1. The molecule has 4 rings (SSSR count). The summed E-state index contributed by atoms with van der Waals surface area (Å²) in [7, 11) is 0. The zero-order chi connectivity index (χ0) is 19.7. The van der Waals surface area contributed by atoms with Gasteiger partial charge in [0.05, 0.1) is 22.9 Å². The third-order valence-corrected chi connectivity index (χ3v) is 5.05. The van der Waals surface area contributed by atoms with Gasteiger partial charge in [0.2, 0.25) is 11.7 Å². The molecule has 0 aliphatic carbocycles. The van der Waals surface area contributed by atoms with E-state index < -0.39 is 11.8 Å². The quantitative estimate of drug-likeness (QED) is 0.673. The Morgan fingerprint density at radius 3 is 2.39 bits per heavy atom. The van der Waals surface area contributed by atoms with Gasteiger partial charge in [0.1, 0.15) is 0 Å². The summed E-state index contributed by atoms with van der Waals surface area (Å²) in [4.78, 5) is 37.2. The van der Waals surface area contributed by atoms with E-state index >= 15 is 0 Å². The lowest BCUT2D eigenvalue weighted by atomic mass is 10.0. The van der Waals surface area contributed by atoms with Gasteiger partial charge in [-0.15, -0.1) is 0 Å². The Balaban J connectivity index is 1.58. The van der Waals surface area contributed by atoms with Gasteiger partial charge in [0, 0.05) is 17.8 Å². The number of carbonyl (C=O) groups excluding carboxylic acids is 3. The third-order valence-electron chi connectivity index (χ3n) is 5.05. The van der Waals surface area contributed by atoms with Crippen molar-refractivity contribution in [1.29, 1.82) is 0 Å². The fourth-order valence-electron chi connectivity index (χ4n) is 3.67. The molecule has 2 amide bonds. The van der Waals surface area contributed by atoms with E-state index in [1.54, 1.807) is 42.5 Å². The van der Waals surface area contributed by atoms with Crippen molar-refractivity contribution in [2.24, 2.45) is 5.73 Å². The second kappa shape index (κ2) is 7.15. The molecule has 3 N–H and O–H groups in total. The van der Waals surface area contributed by atoms with E-state index in [-0.39, 0.29) is 17.3 Å². The lowest BCUT2D eigenvalue weighted by Gasteiger charge is -2.13. The maximum absolute atomic E-state index is 12.8. The van der Waals surface area contributed by atoms with E-state index in [0.717, 1.165) is 5.69 Å². The van der Waals surface area contributed by atoms with Crippen molar-refractivity contribution >= 4 is 23.3 Å². The third kappa shape index (κ3) is 3.09. The number of ketones is 1. The molecule has 1 aliphatic heterocycles. The van der Waals surface area contributed by atoms with Crippen LogP contribution < -0.4 is 11.1 Å². The minimum absolute atomic E-state index is 0.0630. The van der Waals surface area contributed by atoms with E-state index in [4.69, 9.17) is 5.73 Å². The smallest absolute Gasteiger partial charge is 0.250 e. The number of carbonyl (C=O) groups is 3. The molecular weight excluding hydrogens is 354 g/mol. The number of nitrogens with one attached hydrogen (secondary N) is 1. The Morgan fingerprint density at radius 2 is 1.64 bits per heavy atom. The Morgan fingerprint density at radius 1 is 0.929 bits per heavy atom. The normalized spacial score (nSPS) is 15.1. The number of rotatable bonds is 5. The summed E-state index contributed by atoms with van der Waals surface area (Å²) >= 11 is 0. The van der Waals surface area contributed by atoms with Crippen LogP contribution >= 0.6 is 0 Å². The SMILES string of the molecule is NC(=O)c1ccccc1NC(=O)[C@@H]1CCn2c(C(=O)c3ccccc3)ccc21. The van der Waals surface area contributed by atoms with Crippen molar-refractivity contribution in [1.82, 2.24) is 4.57 Å². The number of amides is 2. The van der Waals surface area contributed by atoms with Crippen LogP contribution in [-0.2, 0) is 11.3 Å². The van der Waals surface area contributed by atoms with Gasteiger partial charge in [-0.05, 0) is 30.7 Å². The Hall–Kier alpha value is -3.67. The standard InChI is InChI=1S/C22H19N3O3/c23-21(27)15-8-4-5-9-17(15)24-22(28)16-12-13-25-18(16)10-11-19(25)20(26)14-6-2-1-3-7-14/h1-11,16H,12-13H2,(H2,23,27)(H,24,28)/t16-/m1/s1. The van der Waals surface area contributed by atoms with Crippen molar-refractivity contribution in [2.45, 2.75) is 18.9 Å². The maximum atomic E-state index is 12.8. The van der Waals surface area contributed by atoms with Gasteiger partial charge in [0.15, 0.2) is 0 Å². The Kier molecular flexibility index (Phi) is 4.53. The van der Waals surface area contributed by atoms with Crippen LogP contribution in [0.25, 0.3) is 0 Å². The molecule has 0 saturated heterocycles. The minimum atomic E-state index is -0.596. The molecule has 1 atom stereocenters. The summed E-state index contributed by atoms with van der Waals surface area (Å²) in [5.74, 6) is -1.27.